The van der Waals surface area contributed by atoms with E-state index in [1.807, 2.05) is 6.20 Å². The summed E-state index contributed by atoms with van der Waals surface area (Å²) in [4.78, 5) is 24.3. The van der Waals surface area contributed by atoms with Crippen LogP contribution in [0.5, 0.6) is 0 Å². The molecule has 136 valence electrons. The molecule has 0 amide bonds. The van der Waals surface area contributed by atoms with Gasteiger partial charge in [-0.1, -0.05) is 13.8 Å². The number of rotatable bonds is 6. The second kappa shape index (κ2) is 8.07. The molecule has 8 heteroatoms. The van der Waals surface area contributed by atoms with Crippen molar-refractivity contribution in [3.05, 3.63) is 38.8 Å². The van der Waals surface area contributed by atoms with E-state index in [-0.39, 0.29) is 11.7 Å². The molecule has 1 unspecified atom stereocenters. The highest BCUT2D eigenvalue weighted by Crippen LogP contribution is 2.23. The molecule has 2 aromatic rings. The molecule has 25 heavy (non-hydrogen) atoms. The first-order valence-corrected chi connectivity index (χ1v) is 9.38. The highest BCUT2D eigenvalue weighted by Gasteiger charge is 2.22. The summed E-state index contributed by atoms with van der Waals surface area (Å²) in [5.74, 6) is 0.890. The molecule has 0 saturated carbocycles. The van der Waals surface area contributed by atoms with E-state index < -0.39 is 0 Å². The van der Waals surface area contributed by atoms with Gasteiger partial charge in [-0.05, 0) is 5.92 Å². The Morgan fingerprint density at radius 1 is 1.44 bits per heavy atom. The molecular weight excluding hydrogens is 338 g/mol. The van der Waals surface area contributed by atoms with E-state index in [9.17, 15) is 4.79 Å². The maximum absolute atomic E-state index is 12.0. The number of morpholine rings is 1. The van der Waals surface area contributed by atoms with Crippen LogP contribution in [0, 0.1) is 0 Å². The molecule has 0 radical (unpaired) electrons. The number of anilines is 1. The van der Waals surface area contributed by atoms with Gasteiger partial charge in [0.1, 0.15) is 5.01 Å². The summed E-state index contributed by atoms with van der Waals surface area (Å²) in [6.45, 7) is 8.20. The molecular formula is C17H25N5O2S. The normalized spacial score (nSPS) is 18.6. The van der Waals surface area contributed by atoms with Crippen LogP contribution in [-0.4, -0.2) is 51.8 Å². The lowest BCUT2D eigenvalue weighted by Crippen LogP contribution is -2.45. The summed E-state index contributed by atoms with van der Waals surface area (Å²) in [5, 5.41) is 4.27. The van der Waals surface area contributed by atoms with Crippen molar-refractivity contribution in [2.45, 2.75) is 32.4 Å². The molecule has 0 aromatic carbocycles. The quantitative estimate of drug-likeness (QED) is 0.842. The fourth-order valence-electron chi connectivity index (χ4n) is 2.73. The van der Waals surface area contributed by atoms with Crippen molar-refractivity contribution in [3.63, 3.8) is 0 Å². The van der Waals surface area contributed by atoms with Crippen LogP contribution in [0.2, 0.25) is 0 Å². The Morgan fingerprint density at radius 2 is 2.28 bits per heavy atom. The molecule has 3 heterocycles. The first-order valence-electron chi connectivity index (χ1n) is 8.57. The molecule has 7 nitrogen and oxygen atoms in total. The Balaban J connectivity index is 1.54. The lowest BCUT2D eigenvalue weighted by molar-refractivity contribution is -0.0241. The summed E-state index contributed by atoms with van der Waals surface area (Å²) in [7, 11) is 1.72. The van der Waals surface area contributed by atoms with Crippen LogP contribution >= 0.6 is 11.3 Å². The maximum Gasteiger partial charge on any atom is 0.293 e. The van der Waals surface area contributed by atoms with Crippen LogP contribution in [0.3, 0.4) is 0 Å². The van der Waals surface area contributed by atoms with E-state index in [1.54, 1.807) is 30.8 Å². The summed E-state index contributed by atoms with van der Waals surface area (Å²) < 4.78 is 7.34. The third-order valence-electron chi connectivity index (χ3n) is 4.24. The lowest BCUT2D eigenvalue weighted by Gasteiger charge is -2.32. The van der Waals surface area contributed by atoms with Crippen LogP contribution in [0.4, 0.5) is 5.82 Å². The molecule has 1 fully saturated rings. The minimum Gasteiger partial charge on any atom is -0.374 e. The molecule has 3 rings (SSSR count). The molecule has 0 spiro atoms. The van der Waals surface area contributed by atoms with E-state index in [0.717, 1.165) is 24.6 Å². The van der Waals surface area contributed by atoms with Gasteiger partial charge in [-0.15, -0.1) is 11.3 Å². The number of thiazole rings is 1. The van der Waals surface area contributed by atoms with Crippen molar-refractivity contribution >= 4 is 17.2 Å². The summed E-state index contributed by atoms with van der Waals surface area (Å²) in [5.41, 5.74) is -0.126. The van der Waals surface area contributed by atoms with E-state index in [4.69, 9.17) is 4.74 Å². The third-order valence-corrected chi connectivity index (χ3v) is 5.52. The Bertz CT molecular complexity index is 757. The monoisotopic (exact) mass is 363 g/mol. The Labute approximate surface area is 151 Å². The van der Waals surface area contributed by atoms with Gasteiger partial charge in [-0.2, -0.15) is 0 Å². The first kappa shape index (κ1) is 18.0. The average Bonchev–Trinajstić information content (AvgIpc) is 3.05. The van der Waals surface area contributed by atoms with Crippen LogP contribution in [0.25, 0.3) is 0 Å². The molecule has 0 bridgehead atoms. The van der Waals surface area contributed by atoms with E-state index in [2.05, 4.69) is 34.0 Å². The number of nitrogens with zero attached hydrogens (tertiary/aromatic N) is 4. The van der Waals surface area contributed by atoms with Crippen molar-refractivity contribution in [2.75, 3.05) is 31.6 Å². The van der Waals surface area contributed by atoms with Crippen molar-refractivity contribution in [2.24, 2.45) is 7.05 Å². The molecule has 1 saturated heterocycles. The molecule has 1 aliphatic heterocycles. The number of aryl methyl sites for hydroxylation is 1. The zero-order valence-corrected chi connectivity index (χ0v) is 15.8. The number of ether oxygens (including phenoxy) is 1. The third kappa shape index (κ3) is 4.65. The number of nitrogens with one attached hydrogen (secondary N) is 1. The SMILES string of the molecule is CC(C)c1cnc(CN2CCOC(CNc3nccn(C)c3=O)C2)s1. The van der Waals surface area contributed by atoms with Gasteiger partial charge in [0.05, 0.1) is 19.3 Å². The molecule has 2 aromatic heterocycles. The smallest absolute Gasteiger partial charge is 0.293 e. The molecule has 0 aliphatic carbocycles. The minimum atomic E-state index is -0.126. The number of hydrogen-bond donors (Lipinski definition) is 1. The van der Waals surface area contributed by atoms with Crippen LogP contribution in [0.1, 0.15) is 29.7 Å². The fourth-order valence-corrected chi connectivity index (χ4v) is 3.70. The van der Waals surface area contributed by atoms with Gasteiger partial charge in [0, 0.05) is 50.1 Å². The average molecular weight is 363 g/mol. The number of hydrogen-bond acceptors (Lipinski definition) is 7. The van der Waals surface area contributed by atoms with Gasteiger partial charge < -0.3 is 14.6 Å². The predicted octanol–water partition coefficient (Wildman–Crippen LogP) is 1.67. The number of aromatic nitrogens is 3. The van der Waals surface area contributed by atoms with Crippen molar-refractivity contribution in [1.29, 1.82) is 0 Å². The topological polar surface area (TPSA) is 72.3 Å². The summed E-state index contributed by atoms with van der Waals surface area (Å²) in [6, 6.07) is 0. The van der Waals surface area contributed by atoms with Gasteiger partial charge in [0.15, 0.2) is 5.82 Å². The van der Waals surface area contributed by atoms with Gasteiger partial charge in [0.2, 0.25) is 0 Å². The van der Waals surface area contributed by atoms with Crippen molar-refractivity contribution in [3.8, 4) is 0 Å². The van der Waals surface area contributed by atoms with Crippen molar-refractivity contribution in [1.82, 2.24) is 19.4 Å². The highest BCUT2D eigenvalue weighted by atomic mass is 32.1. The van der Waals surface area contributed by atoms with Gasteiger partial charge in [0.25, 0.3) is 5.56 Å². The van der Waals surface area contributed by atoms with E-state index in [1.165, 1.54) is 9.44 Å². The standard InChI is InChI=1S/C17H25N5O2S/c1-12(2)14-9-19-15(25-14)11-22-6-7-24-13(10-22)8-20-16-17(23)21(3)5-4-18-16/h4-5,9,12-13H,6-8,10-11H2,1-3H3,(H,18,20). The zero-order chi connectivity index (χ0) is 17.8. The first-order chi connectivity index (χ1) is 12.0. The minimum absolute atomic E-state index is 0.0324. The highest BCUT2D eigenvalue weighted by molar-refractivity contribution is 7.11. The van der Waals surface area contributed by atoms with E-state index >= 15 is 0 Å². The van der Waals surface area contributed by atoms with Crippen LogP contribution in [0.15, 0.2) is 23.4 Å². The second-order valence-electron chi connectivity index (χ2n) is 6.61. The van der Waals surface area contributed by atoms with Gasteiger partial charge in [-0.25, -0.2) is 9.97 Å². The van der Waals surface area contributed by atoms with Gasteiger partial charge in [-0.3, -0.25) is 9.69 Å². The van der Waals surface area contributed by atoms with Crippen molar-refractivity contribution < 1.29 is 4.74 Å². The maximum atomic E-state index is 12.0. The zero-order valence-electron chi connectivity index (χ0n) is 14.9. The largest absolute Gasteiger partial charge is 0.374 e. The van der Waals surface area contributed by atoms with Crippen LogP contribution < -0.4 is 10.9 Å². The Morgan fingerprint density at radius 3 is 3.04 bits per heavy atom. The molecule has 1 atom stereocenters. The molecule has 1 aliphatic rings. The summed E-state index contributed by atoms with van der Waals surface area (Å²) in [6.07, 6.45) is 5.28. The van der Waals surface area contributed by atoms with E-state index in [0.29, 0.717) is 24.9 Å². The Hall–Kier alpha value is -1.77. The Kier molecular flexibility index (Phi) is 5.82. The summed E-state index contributed by atoms with van der Waals surface area (Å²) >= 11 is 1.79. The molecule has 1 N–H and O–H groups in total. The predicted molar refractivity (Wildman–Crippen MR) is 99.2 cm³/mol. The van der Waals surface area contributed by atoms with Gasteiger partial charge >= 0.3 is 0 Å². The van der Waals surface area contributed by atoms with Crippen LogP contribution in [-0.2, 0) is 18.3 Å². The second-order valence-corrected chi connectivity index (χ2v) is 7.76. The fraction of sp³-hybridized carbons (Fsp3) is 0.588. The lowest BCUT2D eigenvalue weighted by atomic mass is 10.2.